The summed E-state index contributed by atoms with van der Waals surface area (Å²) in [5.74, 6) is -0.988. The minimum absolute atomic E-state index is 0.177. The number of fused-ring (bicyclic) bond motifs is 1. The van der Waals surface area contributed by atoms with Crippen LogP contribution in [0.3, 0.4) is 0 Å². The first-order valence-electron chi connectivity index (χ1n) is 4.06. The molecule has 4 nitrogen and oxygen atoms in total. The van der Waals surface area contributed by atoms with Gasteiger partial charge in [-0.05, 0) is 12.2 Å². The van der Waals surface area contributed by atoms with Gasteiger partial charge in [-0.1, -0.05) is 18.7 Å². The highest BCUT2D eigenvalue weighted by atomic mass is 16.4. The lowest BCUT2D eigenvalue weighted by Gasteiger charge is -1.94. The average Bonchev–Trinajstić information content (AvgIpc) is 2.35. The number of carboxylic acid groups (broad SMARTS) is 1. The molecule has 0 atom stereocenters. The second kappa shape index (κ2) is 2.99. The molecule has 0 aromatic carbocycles. The molecule has 70 valence electrons. The van der Waals surface area contributed by atoms with E-state index < -0.39 is 5.97 Å². The zero-order chi connectivity index (χ0) is 10.1. The molecule has 4 heteroatoms. The van der Waals surface area contributed by atoms with Gasteiger partial charge in [-0.15, -0.1) is 0 Å². The molecule has 0 unspecified atom stereocenters. The molecule has 0 fully saturated rings. The minimum atomic E-state index is -0.988. The summed E-state index contributed by atoms with van der Waals surface area (Å²) in [4.78, 5) is 17.8. The highest BCUT2D eigenvalue weighted by Crippen LogP contribution is 2.08. The molecule has 1 heterocycles. The van der Waals surface area contributed by atoms with Gasteiger partial charge >= 0.3 is 5.97 Å². The Kier molecular flexibility index (Phi) is 1.81. The van der Waals surface area contributed by atoms with Gasteiger partial charge in [0.05, 0.1) is 10.9 Å². The molecule has 1 aliphatic carbocycles. The third kappa shape index (κ3) is 1.26. The van der Waals surface area contributed by atoms with Gasteiger partial charge in [0.25, 0.3) is 0 Å². The molecule has 14 heavy (non-hydrogen) atoms. The van der Waals surface area contributed by atoms with E-state index in [-0.39, 0.29) is 5.57 Å². The number of aliphatic carboxylic acids is 1. The van der Waals surface area contributed by atoms with Crippen LogP contribution in [0.1, 0.15) is 5.69 Å². The smallest absolute Gasteiger partial charge is 0.337 e. The lowest BCUT2D eigenvalue weighted by atomic mass is 10.2. The van der Waals surface area contributed by atoms with Gasteiger partial charge in [0, 0.05) is 0 Å². The van der Waals surface area contributed by atoms with Gasteiger partial charge in [0.2, 0.25) is 0 Å². The van der Waals surface area contributed by atoms with E-state index in [4.69, 9.17) is 5.11 Å². The van der Waals surface area contributed by atoms with Crippen LogP contribution in [0.25, 0.3) is 18.2 Å². The first-order valence-corrected chi connectivity index (χ1v) is 4.06. The monoisotopic (exact) mass is 188 g/mol. The number of carbonyl (C=O) groups is 1. The summed E-state index contributed by atoms with van der Waals surface area (Å²) in [6.07, 6.45) is 6.71. The van der Waals surface area contributed by atoms with Crippen molar-refractivity contribution in [2.75, 3.05) is 0 Å². The van der Waals surface area contributed by atoms with Gasteiger partial charge in [-0.25, -0.2) is 9.78 Å². The van der Waals surface area contributed by atoms with Crippen molar-refractivity contribution in [1.29, 1.82) is 0 Å². The Hall–Kier alpha value is -2.10. The summed E-state index contributed by atoms with van der Waals surface area (Å²) >= 11 is 0. The molecule has 1 aliphatic rings. The standard InChI is InChI=1S/C10H8N2O2/c1-6-11-8-5-3-2-4-7(10(13)14)9(8)12-6/h2-5,11H,1H2,(H,13,14). The number of nitrogens with one attached hydrogen (secondary N) is 1. The predicted molar refractivity (Wildman–Crippen MR) is 52.6 cm³/mol. The largest absolute Gasteiger partial charge is 0.478 e. The van der Waals surface area contributed by atoms with Crippen LogP contribution in [0.2, 0.25) is 0 Å². The van der Waals surface area contributed by atoms with E-state index in [0.29, 0.717) is 16.5 Å². The zero-order valence-electron chi connectivity index (χ0n) is 7.32. The number of rotatable bonds is 1. The lowest BCUT2D eigenvalue weighted by Crippen LogP contribution is -2.12. The maximum Gasteiger partial charge on any atom is 0.337 e. The van der Waals surface area contributed by atoms with Crippen LogP contribution in [0.4, 0.5) is 0 Å². The van der Waals surface area contributed by atoms with Crippen molar-refractivity contribution >= 4 is 24.2 Å². The predicted octanol–water partition coefficient (Wildman–Crippen LogP) is -0.362. The number of hydrogen-bond acceptors (Lipinski definition) is 2. The fourth-order valence-electron chi connectivity index (χ4n) is 1.32. The number of carboxylic acids is 1. The van der Waals surface area contributed by atoms with Crippen molar-refractivity contribution in [2.24, 2.45) is 0 Å². The van der Waals surface area contributed by atoms with E-state index in [1.165, 1.54) is 6.08 Å². The van der Waals surface area contributed by atoms with Gasteiger partial charge in [0.15, 0.2) is 0 Å². The number of aromatic amines is 1. The van der Waals surface area contributed by atoms with E-state index in [1.54, 1.807) is 18.2 Å². The fraction of sp³-hybridized carbons (Fsp3) is 0. The third-order valence-electron chi connectivity index (χ3n) is 1.90. The van der Waals surface area contributed by atoms with Gasteiger partial charge in [-0.3, -0.25) is 0 Å². The van der Waals surface area contributed by atoms with Crippen molar-refractivity contribution in [2.45, 2.75) is 0 Å². The quantitative estimate of drug-likeness (QED) is 0.632. The zero-order valence-corrected chi connectivity index (χ0v) is 7.32. The van der Waals surface area contributed by atoms with Crippen LogP contribution < -0.4 is 10.8 Å². The molecule has 0 saturated heterocycles. The molecule has 0 amide bonds. The normalized spacial score (nSPS) is 13.9. The Morgan fingerprint density at radius 2 is 2.14 bits per heavy atom. The van der Waals surface area contributed by atoms with Crippen molar-refractivity contribution < 1.29 is 9.90 Å². The number of allylic oxidation sites excluding steroid dienone is 3. The minimum Gasteiger partial charge on any atom is -0.478 e. The van der Waals surface area contributed by atoms with Crippen molar-refractivity contribution in [3.8, 4) is 0 Å². The van der Waals surface area contributed by atoms with Crippen molar-refractivity contribution in [1.82, 2.24) is 9.97 Å². The second-order valence-corrected chi connectivity index (χ2v) is 2.88. The van der Waals surface area contributed by atoms with E-state index >= 15 is 0 Å². The number of imidazole rings is 1. The second-order valence-electron chi connectivity index (χ2n) is 2.88. The van der Waals surface area contributed by atoms with E-state index in [9.17, 15) is 4.79 Å². The molecule has 1 aromatic rings. The Bertz CT molecular complexity index is 549. The average molecular weight is 188 g/mol. The Balaban J connectivity index is 2.77. The number of H-pyrrole nitrogens is 1. The Morgan fingerprint density at radius 3 is 2.86 bits per heavy atom. The molecular formula is C10H8N2O2. The van der Waals surface area contributed by atoms with Gasteiger partial charge in [-0.2, -0.15) is 0 Å². The summed E-state index contributed by atoms with van der Waals surface area (Å²) in [5.41, 5.74) is 1.08. The SMILES string of the molecule is C=c1nc2c([nH]1)=CC=CC=C2C(=O)O. The van der Waals surface area contributed by atoms with Crippen LogP contribution in [-0.2, 0) is 4.79 Å². The maximum absolute atomic E-state index is 10.9. The molecular weight excluding hydrogens is 180 g/mol. The molecule has 0 saturated carbocycles. The molecule has 2 N–H and O–H groups in total. The summed E-state index contributed by atoms with van der Waals surface area (Å²) in [7, 11) is 0. The highest BCUT2D eigenvalue weighted by molar-refractivity contribution is 6.15. The lowest BCUT2D eigenvalue weighted by molar-refractivity contribution is -0.130. The number of nitrogens with zero attached hydrogens (tertiary/aromatic N) is 1. The number of aromatic nitrogens is 2. The highest BCUT2D eigenvalue weighted by Gasteiger charge is 2.14. The topological polar surface area (TPSA) is 66.0 Å². The van der Waals surface area contributed by atoms with Crippen LogP contribution in [-0.4, -0.2) is 21.0 Å². The third-order valence-corrected chi connectivity index (χ3v) is 1.90. The summed E-state index contributed by atoms with van der Waals surface area (Å²) in [6, 6.07) is 0. The van der Waals surface area contributed by atoms with Crippen LogP contribution in [0.15, 0.2) is 18.2 Å². The molecule has 0 aliphatic heterocycles. The summed E-state index contributed by atoms with van der Waals surface area (Å²) < 4.78 is 0. The van der Waals surface area contributed by atoms with Crippen molar-refractivity contribution in [3.63, 3.8) is 0 Å². The Morgan fingerprint density at radius 1 is 1.43 bits per heavy atom. The summed E-state index contributed by atoms with van der Waals surface area (Å²) in [6.45, 7) is 3.62. The summed E-state index contributed by atoms with van der Waals surface area (Å²) in [5, 5.41) is 9.61. The van der Waals surface area contributed by atoms with E-state index in [2.05, 4.69) is 16.5 Å². The number of hydrogen-bond donors (Lipinski definition) is 2. The van der Waals surface area contributed by atoms with E-state index in [0.717, 1.165) is 0 Å². The maximum atomic E-state index is 10.9. The van der Waals surface area contributed by atoms with Gasteiger partial charge in [0.1, 0.15) is 11.2 Å². The van der Waals surface area contributed by atoms with Crippen LogP contribution in [0.5, 0.6) is 0 Å². The van der Waals surface area contributed by atoms with Gasteiger partial charge < -0.3 is 10.1 Å². The Labute approximate surface area is 79.6 Å². The van der Waals surface area contributed by atoms with Crippen LogP contribution in [0, 0.1) is 0 Å². The first kappa shape index (κ1) is 8.50. The molecule has 0 bridgehead atoms. The van der Waals surface area contributed by atoms with Crippen molar-refractivity contribution in [3.05, 3.63) is 34.8 Å². The molecule has 0 spiro atoms. The first-order chi connectivity index (χ1) is 6.68. The molecule has 0 radical (unpaired) electrons. The van der Waals surface area contributed by atoms with E-state index in [1.807, 2.05) is 0 Å². The molecule has 2 rings (SSSR count). The van der Waals surface area contributed by atoms with Crippen LogP contribution >= 0.6 is 0 Å². The fourth-order valence-corrected chi connectivity index (χ4v) is 1.32. The molecule has 1 aromatic heterocycles.